The van der Waals surface area contributed by atoms with Crippen molar-refractivity contribution in [3.8, 4) is 0 Å². The first-order chi connectivity index (χ1) is 8.63. The molecule has 2 nitrogen and oxygen atoms in total. The minimum Gasteiger partial charge on any atom is -0.458 e. The van der Waals surface area contributed by atoms with Gasteiger partial charge in [0.25, 0.3) is 0 Å². The number of aliphatic hydroxyl groups is 1. The Morgan fingerprint density at radius 2 is 2.28 bits per heavy atom. The molecule has 3 rings (SSSR count). The summed E-state index contributed by atoms with van der Waals surface area (Å²) in [5, 5.41) is 11.5. The highest BCUT2D eigenvalue weighted by atomic mass is 19.1. The summed E-state index contributed by atoms with van der Waals surface area (Å²) in [6.07, 6.45) is 3.70. The van der Waals surface area contributed by atoms with Crippen LogP contribution in [0.2, 0.25) is 0 Å². The molecule has 0 spiro atoms. The van der Waals surface area contributed by atoms with Gasteiger partial charge in [0.2, 0.25) is 0 Å². The van der Waals surface area contributed by atoms with Crippen molar-refractivity contribution in [2.24, 2.45) is 5.92 Å². The fourth-order valence-corrected chi connectivity index (χ4v) is 3.15. The van der Waals surface area contributed by atoms with E-state index in [1.54, 1.807) is 12.1 Å². The molecule has 1 heterocycles. The third-order valence-electron chi connectivity index (χ3n) is 4.18. The second-order valence-corrected chi connectivity index (χ2v) is 5.21. The van der Waals surface area contributed by atoms with Crippen molar-refractivity contribution in [1.82, 2.24) is 0 Å². The molecule has 18 heavy (non-hydrogen) atoms. The van der Waals surface area contributed by atoms with E-state index in [9.17, 15) is 9.50 Å². The summed E-state index contributed by atoms with van der Waals surface area (Å²) >= 11 is 0. The number of hydrogen-bond acceptors (Lipinski definition) is 2. The SMILES string of the molecule is CCC1CCCC1(O)c1cc2cc(F)ccc2o1. The molecule has 1 aliphatic rings. The molecule has 96 valence electrons. The average Bonchev–Trinajstić information content (AvgIpc) is 2.92. The molecular formula is C15H17FO2. The molecule has 1 aromatic heterocycles. The molecule has 1 saturated carbocycles. The molecule has 1 fully saturated rings. The molecular weight excluding hydrogens is 231 g/mol. The Balaban J connectivity index is 2.08. The first kappa shape index (κ1) is 11.7. The van der Waals surface area contributed by atoms with E-state index in [0.29, 0.717) is 11.3 Å². The fraction of sp³-hybridized carbons (Fsp3) is 0.467. The lowest BCUT2D eigenvalue weighted by atomic mass is 9.86. The van der Waals surface area contributed by atoms with Gasteiger partial charge < -0.3 is 9.52 Å². The first-order valence-electron chi connectivity index (χ1n) is 6.55. The van der Waals surface area contributed by atoms with Crippen LogP contribution in [0.1, 0.15) is 38.4 Å². The van der Waals surface area contributed by atoms with E-state index in [4.69, 9.17) is 4.42 Å². The molecule has 0 bridgehead atoms. The minimum atomic E-state index is -0.871. The highest BCUT2D eigenvalue weighted by Gasteiger charge is 2.44. The van der Waals surface area contributed by atoms with E-state index in [1.165, 1.54) is 12.1 Å². The normalized spacial score (nSPS) is 28.1. The summed E-state index contributed by atoms with van der Waals surface area (Å²) in [6, 6.07) is 6.23. The van der Waals surface area contributed by atoms with E-state index in [0.717, 1.165) is 31.1 Å². The van der Waals surface area contributed by atoms with Crippen LogP contribution < -0.4 is 0 Å². The molecule has 1 aromatic carbocycles. The lowest BCUT2D eigenvalue weighted by Gasteiger charge is -2.27. The zero-order valence-electron chi connectivity index (χ0n) is 10.4. The Labute approximate surface area is 105 Å². The predicted molar refractivity (Wildman–Crippen MR) is 67.7 cm³/mol. The minimum absolute atomic E-state index is 0.239. The van der Waals surface area contributed by atoms with E-state index < -0.39 is 5.60 Å². The topological polar surface area (TPSA) is 33.4 Å². The van der Waals surface area contributed by atoms with Crippen molar-refractivity contribution in [3.05, 3.63) is 35.8 Å². The predicted octanol–water partition coefficient (Wildman–Crippen LogP) is 3.97. The van der Waals surface area contributed by atoms with Gasteiger partial charge in [-0.2, -0.15) is 0 Å². The standard InChI is InChI=1S/C15H17FO2/c1-2-11-4-3-7-15(11,17)14-9-10-8-12(16)5-6-13(10)18-14/h5-6,8-9,11,17H,2-4,7H2,1H3. The van der Waals surface area contributed by atoms with Crippen LogP contribution in [0, 0.1) is 11.7 Å². The molecule has 3 heteroatoms. The summed E-state index contributed by atoms with van der Waals surface area (Å²) in [5.74, 6) is 0.552. The summed E-state index contributed by atoms with van der Waals surface area (Å²) in [4.78, 5) is 0. The second-order valence-electron chi connectivity index (χ2n) is 5.21. The van der Waals surface area contributed by atoms with Crippen molar-refractivity contribution in [1.29, 1.82) is 0 Å². The molecule has 2 atom stereocenters. The van der Waals surface area contributed by atoms with Crippen LogP contribution in [0.3, 0.4) is 0 Å². The Morgan fingerprint density at radius 1 is 1.44 bits per heavy atom. The zero-order chi connectivity index (χ0) is 12.8. The molecule has 0 aliphatic heterocycles. The lowest BCUT2D eigenvalue weighted by Crippen LogP contribution is -2.29. The molecule has 1 N–H and O–H groups in total. The van der Waals surface area contributed by atoms with Gasteiger partial charge in [-0.25, -0.2) is 4.39 Å². The number of fused-ring (bicyclic) bond motifs is 1. The lowest BCUT2D eigenvalue weighted by molar-refractivity contribution is -0.0221. The van der Waals surface area contributed by atoms with Crippen LogP contribution in [-0.2, 0) is 5.60 Å². The van der Waals surface area contributed by atoms with Gasteiger partial charge >= 0.3 is 0 Å². The summed E-state index contributed by atoms with van der Waals surface area (Å²) in [7, 11) is 0. The highest BCUT2D eigenvalue weighted by molar-refractivity contribution is 5.78. The Kier molecular flexibility index (Phi) is 2.67. The molecule has 0 saturated heterocycles. The van der Waals surface area contributed by atoms with E-state index >= 15 is 0 Å². The molecule has 0 amide bonds. The van der Waals surface area contributed by atoms with Crippen molar-refractivity contribution in [3.63, 3.8) is 0 Å². The Morgan fingerprint density at radius 3 is 3.06 bits per heavy atom. The van der Waals surface area contributed by atoms with E-state index in [-0.39, 0.29) is 11.7 Å². The van der Waals surface area contributed by atoms with Gasteiger partial charge in [-0.3, -0.25) is 0 Å². The molecule has 2 unspecified atom stereocenters. The van der Waals surface area contributed by atoms with E-state index in [1.807, 2.05) is 0 Å². The maximum Gasteiger partial charge on any atom is 0.137 e. The number of hydrogen-bond donors (Lipinski definition) is 1. The zero-order valence-corrected chi connectivity index (χ0v) is 10.4. The smallest absolute Gasteiger partial charge is 0.137 e. The summed E-state index contributed by atoms with van der Waals surface area (Å²) in [5.41, 5.74) is -0.230. The second kappa shape index (κ2) is 4.09. The van der Waals surface area contributed by atoms with Crippen molar-refractivity contribution in [2.75, 3.05) is 0 Å². The maximum absolute atomic E-state index is 13.2. The number of halogens is 1. The largest absolute Gasteiger partial charge is 0.458 e. The first-order valence-corrected chi connectivity index (χ1v) is 6.55. The van der Waals surface area contributed by atoms with Crippen LogP contribution in [0.25, 0.3) is 11.0 Å². The monoisotopic (exact) mass is 248 g/mol. The van der Waals surface area contributed by atoms with Crippen molar-refractivity contribution in [2.45, 2.75) is 38.2 Å². The third-order valence-corrected chi connectivity index (χ3v) is 4.18. The number of benzene rings is 1. The Bertz CT molecular complexity index is 575. The summed E-state index contributed by atoms with van der Waals surface area (Å²) < 4.78 is 18.9. The molecule has 2 aromatic rings. The van der Waals surface area contributed by atoms with Gasteiger partial charge in [0, 0.05) is 5.39 Å². The van der Waals surface area contributed by atoms with Crippen molar-refractivity contribution < 1.29 is 13.9 Å². The van der Waals surface area contributed by atoms with Gasteiger partial charge in [0.1, 0.15) is 22.8 Å². The quantitative estimate of drug-likeness (QED) is 0.872. The molecule has 1 aliphatic carbocycles. The van der Waals surface area contributed by atoms with Gasteiger partial charge in [0.15, 0.2) is 0 Å². The van der Waals surface area contributed by atoms with Crippen LogP contribution in [0.15, 0.2) is 28.7 Å². The number of furan rings is 1. The highest BCUT2D eigenvalue weighted by Crippen LogP contribution is 2.46. The van der Waals surface area contributed by atoms with Gasteiger partial charge in [-0.1, -0.05) is 13.3 Å². The average molecular weight is 248 g/mol. The van der Waals surface area contributed by atoms with Crippen LogP contribution in [0.4, 0.5) is 4.39 Å². The third kappa shape index (κ3) is 1.65. The Hall–Kier alpha value is -1.35. The summed E-state index contributed by atoms with van der Waals surface area (Å²) in [6.45, 7) is 2.09. The van der Waals surface area contributed by atoms with Gasteiger partial charge in [-0.15, -0.1) is 0 Å². The van der Waals surface area contributed by atoms with Crippen LogP contribution >= 0.6 is 0 Å². The van der Waals surface area contributed by atoms with E-state index in [2.05, 4.69) is 6.92 Å². The van der Waals surface area contributed by atoms with Crippen molar-refractivity contribution >= 4 is 11.0 Å². The van der Waals surface area contributed by atoms with Crippen LogP contribution in [0.5, 0.6) is 0 Å². The fourth-order valence-electron chi connectivity index (χ4n) is 3.15. The number of rotatable bonds is 2. The van der Waals surface area contributed by atoms with Gasteiger partial charge in [-0.05, 0) is 49.4 Å². The molecule has 0 radical (unpaired) electrons. The van der Waals surface area contributed by atoms with Crippen LogP contribution in [-0.4, -0.2) is 5.11 Å². The maximum atomic E-state index is 13.2. The van der Waals surface area contributed by atoms with Gasteiger partial charge in [0.05, 0.1) is 0 Å².